The molecule has 0 saturated heterocycles. The van der Waals surface area contributed by atoms with Gasteiger partial charge in [-0.1, -0.05) is 34.6 Å². The van der Waals surface area contributed by atoms with Crippen molar-refractivity contribution in [1.29, 1.82) is 0 Å². The molecule has 33 heavy (non-hydrogen) atoms. The quantitative estimate of drug-likeness (QED) is 0.362. The van der Waals surface area contributed by atoms with Crippen molar-refractivity contribution >= 4 is 11.8 Å². The lowest BCUT2D eigenvalue weighted by molar-refractivity contribution is -0.163. The van der Waals surface area contributed by atoms with E-state index in [2.05, 4.69) is 34.6 Å². The summed E-state index contributed by atoms with van der Waals surface area (Å²) in [6.07, 6.45) is 9.82. The van der Waals surface area contributed by atoms with Gasteiger partial charge in [0.15, 0.2) is 5.78 Å². The standard InChI is InChI=1S/C28H50O5/c1-26(2,3)17-22(29)18-31-23-13-9-20(10-14-23)28(7,8)21-11-15-24(16-12-21)32-19-25(30)33-27(4,5)6/h20-21,23-24H,9-19H2,1-8H3. The summed E-state index contributed by atoms with van der Waals surface area (Å²) in [7, 11) is 0. The van der Waals surface area contributed by atoms with Crippen LogP contribution in [0, 0.1) is 22.7 Å². The van der Waals surface area contributed by atoms with Crippen LogP contribution in [0.1, 0.15) is 113 Å². The number of ketones is 1. The van der Waals surface area contributed by atoms with Crippen molar-refractivity contribution in [2.75, 3.05) is 13.2 Å². The minimum absolute atomic E-state index is 0.0297. The number of carbonyl (C=O) groups excluding carboxylic acids is 2. The van der Waals surface area contributed by atoms with Crippen LogP contribution in [0.5, 0.6) is 0 Å². The molecule has 2 fully saturated rings. The molecule has 192 valence electrons. The van der Waals surface area contributed by atoms with Crippen LogP contribution < -0.4 is 0 Å². The van der Waals surface area contributed by atoms with Gasteiger partial charge in [-0.2, -0.15) is 0 Å². The van der Waals surface area contributed by atoms with E-state index in [1.54, 1.807) is 0 Å². The van der Waals surface area contributed by atoms with Gasteiger partial charge in [-0.05, 0) is 94.8 Å². The van der Waals surface area contributed by atoms with Crippen molar-refractivity contribution in [3.8, 4) is 0 Å². The Bertz CT molecular complexity index is 570. The second-order valence-corrected chi connectivity index (χ2v) is 13.3. The lowest BCUT2D eigenvalue weighted by atomic mass is 9.60. The maximum Gasteiger partial charge on any atom is 0.332 e. The molecule has 5 heteroatoms. The molecule has 0 aromatic rings. The number of ether oxygens (including phenoxy) is 3. The van der Waals surface area contributed by atoms with E-state index in [0.29, 0.717) is 23.7 Å². The predicted octanol–water partition coefficient (Wildman–Crippen LogP) is 6.51. The normalized spacial score (nSPS) is 27.3. The number of Topliss-reactive ketones (excluding diaryl/α,β-unsaturated/α-hetero) is 1. The molecule has 2 aliphatic rings. The smallest absolute Gasteiger partial charge is 0.332 e. The molecule has 0 radical (unpaired) electrons. The highest BCUT2D eigenvalue weighted by atomic mass is 16.6. The Balaban J connectivity index is 1.70. The van der Waals surface area contributed by atoms with Crippen LogP contribution in [-0.4, -0.2) is 42.8 Å². The first-order chi connectivity index (χ1) is 15.2. The molecule has 0 heterocycles. The van der Waals surface area contributed by atoms with Crippen molar-refractivity contribution < 1.29 is 23.8 Å². The number of rotatable bonds is 9. The second kappa shape index (κ2) is 11.7. The summed E-state index contributed by atoms with van der Waals surface area (Å²) in [6, 6.07) is 0. The average molecular weight is 467 g/mol. The molecular weight excluding hydrogens is 416 g/mol. The Morgan fingerprint density at radius 2 is 1.09 bits per heavy atom. The third-order valence-electron chi connectivity index (χ3n) is 7.52. The van der Waals surface area contributed by atoms with Crippen LogP contribution in [0.3, 0.4) is 0 Å². The minimum atomic E-state index is -0.464. The Hall–Kier alpha value is -0.940. The molecule has 5 nitrogen and oxygen atoms in total. The van der Waals surface area contributed by atoms with Gasteiger partial charge in [-0.15, -0.1) is 0 Å². The molecule has 0 N–H and O–H groups in total. The van der Waals surface area contributed by atoms with Gasteiger partial charge < -0.3 is 14.2 Å². The summed E-state index contributed by atoms with van der Waals surface area (Å²) in [4.78, 5) is 24.1. The fraction of sp³-hybridized carbons (Fsp3) is 0.929. The van der Waals surface area contributed by atoms with Crippen LogP contribution in [0.25, 0.3) is 0 Å². The molecular formula is C28H50O5. The summed E-state index contributed by atoms with van der Waals surface area (Å²) in [5, 5.41) is 0. The van der Waals surface area contributed by atoms with Gasteiger partial charge >= 0.3 is 5.97 Å². The molecule has 2 rings (SSSR count). The zero-order valence-corrected chi connectivity index (χ0v) is 22.6. The molecule has 0 aromatic heterocycles. The van der Waals surface area contributed by atoms with Gasteiger partial charge in [0, 0.05) is 6.42 Å². The van der Waals surface area contributed by atoms with E-state index in [4.69, 9.17) is 14.2 Å². The van der Waals surface area contributed by atoms with Crippen molar-refractivity contribution in [3.05, 3.63) is 0 Å². The highest BCUT2D eigenvalue weighted by Gasteiger charge is 2.41. The molecule has 0 amide bonds. The van der Waals surface area contributed by atoms with Crippen molar-refractivity contribution in [2.24, 2.45) is 22.7 Å². The molecule has 0 atom stereocenters. The molecule has 0 aliphatic heterocycles. The molecule has 0 unspecified atom stereocenters. The first-order valence-electron chi connectivity index (χ1n) is 13.1. The highest BCUT2D eigenvalue weighted by molar-refractivity contribution is 5.80. The lowest BCUT2D eigenvalue weighted by Crippen LogP contribution is -2.39. The number of hydrogen-bond acceptors (Lipinski definition) is 5. The summed E-state index contributed by atoms with van der Waals surface area (Å²) in [5.74, 6) is 1.33. The maximum absolute atomic E-state index is 12.1. The Labute approximate surface area is 202 Å². The van der Waals surface area contributed by atoms with E-state index in [9.17, 15) is 9.59 Å². The van der Waals surface area contributed by atoms with Crippen molar-refractivity contribution in [1.82, 2.24) is 0 Å². The highest BCUT2D eigenvalue weighted by Crippen LogP contribution is 2.48. The molecule has 0 aromatic carbocycles. The van der Waals surface area contributed by atoms with Gasteiger partial charge in [-0.3, -0.25) is 4.79 Å². The van der Waals surface area contributed by atoms with Gasteiger partial charge in [0.1, 0.15) is 18.8 Å². The fourth-order valence-corrected chi connectivity index (χ4v) is 5.69. The summed E-state index contributed by atoms with van der Waals surface area (Å²) >= 11 is 0. The van der Waals surface area contributed by atoms with Gasteiger partial charge in [-0.25, -0.2) is 4.79 Å². The Morgan fingerprint density at radius 3 is 1.48 bits per heavy atom. The molecule has 0 bridgehead atoms. The van der Waals surface area contributed by atoms with E-state index in [1.165, 1.54) is 12.8 Å². The van der Waals surface area contributed by atoms with E-state index in [-0.39, 0.29) is 42.6 Å². The van der Waals surface area contributed by atoms with Crippen molar-refractivity contribution in [3.63, 3.8) is 0 Å². The largest absolute Gasteiger partial charge is 0.458 e. The Morgan fingerprint density at radius 1 is 0.667 bits per heavy atom. The zero-order valence-electron chi connectivity index (χ0n) is 22.6. The summed E-state index contributed by atoms with van der Waals surface area (Å²) < 4.78 is 17.2. The van der Waals surface area contributed by atoms with Crippen LogP contribution in [0.15, 0.2) is 0 Å². The number of hydrogen-bond donors (Lipinski definition) is 0. The Kier molecular flexibility index (Phi) is 10.00. The number of esters is 1. The second-order valence-electron chi connectivity index (χ2n) is 13.3. The van der Waals surface area contributed by atoms with Crippen LogP contribution >= 0.6 is 0 Å². The summed E-state index contributed by atoms with van der Waals surface area (Å²) in [6.45, 7) is 17.1. The molecule has 2 saturated carbocycles. The minimum Gasteiger partial charge on any atom is -0.458 e. The SMILES string of the molecule is CC(C)(C)CC(=O)COC1CCC(C(C)(C)C2CCC(OCC(=O)OC(C)(C)C)CC2)CC1. The average Bonchev–Trinajstić information content (AvgIpc) is 2.69. The van der Waals surface area contributed by atoms with Crippen molar-refractivity contribution in [2.45, 2.75) is 131 Å². The van der Waals surface area contributed by atoms with Crippen LogP contribution in [0.4, 0.5) is 0 Å². The first kappa shape index (κ1) is 28.3. The number of carbonyl (C=O) groups is 2. The maximum atomic E-state index is 12.1. The first-order valence-corrected chi connectivity index (χ1v) is 13.1. The van der Waals surface area contributed by atoms with Crippen LogP contribution in [-0.2, 0) is 23.8 Å². The lowest BCUT2D eigenvalue weighted by Gasteiger charge is -2.46. The van der Waals surface area contributed by atoms with E-state index in [0.717, 1.165) is 38.5 Å². The van der Waals surface area contributed by atoms with E-state index < -0.39 is 5.60 Å². The van der Waals surface area contributed by atoms with Gasteiger partial charge in [0.2, 0.25) is 0 Å². The van der Waals surface area contributed by atoms with E-state index in [1.807, 2.05) is 20.8 Å². The molecule has 0 spiro atoms. The van der Waals surface area contributed by atoms with E-state index >= 15 is 0 Å². The topological polar surface area (TPSA) is 61.8 Å². The third kappa shape index (κ3) is 10.1. The van der Waals surface area contributed by atoms with Gasteiger partial charge in [0.05, 0.1) is 12.2 Å². The predicted molar refractivity (Wildman–Crippen MR) is 132 cm³/mol. The molecule has 2 aliphatic carbocycles. The summed E-state index contributed by atoms with van der Waals surface area (Å²) in [5.41, 5.74) is -0.140. The zero-order chi connectivity index (χ0) is 24.9. The monoisotopic (exact) mass is 466 g/mol. The van der Waals surface area contributed by atoms with Gasteiger partial charge in [0.25, 0.3) is 0 Å². The van der Waals surface area contributed by atoms with Crippen LogP contribution in [0.2, 0.25) is 0 Å². The third-order valence-corrected chi connectivity index (χ3v) is 7.52. The fourth-order valence-electron chi connectivity index (χ4n) is 5.69.